The third-order valence-corrected chi connectivity index (χ3v) is 6.35. The fraction of sp³-hybridized carbons (Fsp3) is 0.417. The first-order valence-electron chi connectivity index (χ1n) is 10.8. The molecule has 2 atom stereocenters. The van der Waals surface area contributed by atoms with Crippen molar-refractivity contribution in [1.82, 2.24) is 9.80 Å². The lowest BCUT2D eigenvalue weighted by molar-refractivity contribution is -0.141. The van der Waals surface area contributed by atoms with Crippen molar-refractivity contribution in [1.29, 1.82) is 0 Å². The number of benzene rings is 2. The van der Waals surface area contributed by atoms with Gasteiger partial charge in [0.2, 0.25) is 23.6 Å². The molecule has 2 fully saturated rings. The first-order valence-corrected chi connectivity index (χ1v) is 10.8. The molecule has 0 spiro atoms. The lowest BCUT2D eigenvalue weighted by atomic mass is 9.81. The van der Waals surface area contributed by atoms with Crippen LogP contribution in [-0.4, -0.2) is 53.6 Å². The standard InChI is InChI=1S/C24H27N3O4/c1-26(15-21(28)25-20-12-6-8-16-7-2-3-9-17(16)20)22(29)13-14-27-23(30)18-10-4-5-11-19(18)24(27)31/h2-3,6-9,12,18-19H,4-5,10-11,13-15H2,1H3,(H,25,28)/t18-,19-/m0/s1. The van der Waals surface area contributed by atoms with Crippen LogP contribution in [0, 0.1) is 11.8 Å². The summed E-state index contributed by atoms with van der Waals surface area (Å²) in [5.74, 6) is -1.27. The molecule has 0 radical (unpaired) electrons. The molecule has 2 aromatic carbocycles. The van der Waals surface area contributed by atoms with Crippen LogP contribution >= 0.6 is 0 Å². The Hall–Kier alpha value is -3.22. The molecule has 1 heterocycles. The molecule has 2 aromatic rings. The topological polar surface area (TPSA) is 86.8 Å². The predicted molar refractivity (Wildman–Crippen MR) is 117 cm³/mol. The van der Waals surface area contributed by atoms with Crippen LogP contribution in [0.1, 0.15) is 32.1 Å². The van der Waals surface area contributed by atoms with Crippen molar-refractivity contribution in [3.8, 4) is 0 Å². The Morgan fingerprint density at radius 3 is 2.35 bits per heavy atom. The van der Waals surface area contributed by atoms with E-state index in [-0.39, 0.29) is 55.0 Å². The fourth-order valence-electron chi connectivity index (χ4n) is 4.68. The summed E-state index contributed by atoms with van der Waals surface area (Å²) < 4.78 is 0. The molecular formula is C24H27N3O4. The van der Waals surface area contributed by atoms with Crippen LogP contribution in [0.3, 0.4) is 0 Å². The lowest BCUT2D eigenvalue weighted by Crippen LogP contribution is -2.38. The van der Waals surface area contributed by atoms with E-state index < -0.39 is 0 Å². The number of imide groups is 1. The highest BCUT2D eigenvalue weighted by Crippen LogP contribution is 2.38. The summed E-state index contributed by atoms with van der Waals surface area (Å²) >= 11 is 0. The van der Waals surface area contributed by atoms with E-state index in [0.717, 1.165) is 36.5 Å². The molecule has 1 aliphatic carbocycles. The van der Waals surface area contributed by atoms with E-state index in [1.165, 1.54) is 9.80 Å². The number of nitrogens with one attached hydrogen (secondary N) is 1. The van der Waals surface area contributed by atoms with Crippen LogP contribution in [0.25, 0.3) is 10.8 Å². The zero-order valence-electron chi connectivity index (χ0n) is 17.7. The van der Waals surface area contributed by atoms with E-state index in [0.29, 0.717) is 5.69 Å². The number of carbonyl (C=O) groups excluding carboxylic acids is 4. The van der Waals surface area contributed by atoms with Crippen LogP contribution in [-0.2, 0) is 19.2 Å². The first-order chi connectivity index (χ1) is 15.0. The number of likely N-dealkylation sites (tertiary alicyclic amines) is 1. The van der Waals surface area contributed by atoms with Crippen LogP contribution in [0.5, 0.6) is 0 Å². The van der Waals surface area contributed by atoms with Crippen molar-refractivity contribution in [3.63, 3.8) is 0 Å². The zero-order chi connectivity index (χ0) is 22.0. The molecule has 4 rings (SSSR count). The van der Waals surface area contributed by atoms with Crippen LogP contribution in [0.15, 0.2) is 42.5 Å². The Kier molecular flexibility index (Phi) is 6.02. The fourth-order valence-corrected chi connectivity index (χ4v) is 4.68. The van der Waals surface area contributed by atoms with E-state index in [1.807, 2.05) is 42.5 Å². The van der Waals surface area contributed by atoms with Crippen molar-refractivity contribution in [2.45, 2.75) is 32.1 Å². The van der Waals surface area contributed by atoms with Gasteiger partial charge < -0.3 is 10.2 Å². The van der Waals surface area contributed by atoms with Gasteiger partial charge in [-0.1, -0.05) is 49.2 Å². The summed E-state index contributed by atoms with van der Waals surface area (Å²) in [4.78, 5) is 52.7. The highest BCUT2D eigenvalue weighted by molar-refractivity contribution is 6.06. The minimum absolute atomic E-state index is 0.0228. The summed E-state index contributed by atoms with van der Waals surface area (Å²) in [5.41, 5.74) is 0.694. The molecule has 2 aliphatic rings. The molecule has 0 aromatic heterocycles. The van der Waals surface area contributed by atoms with E-state index >= 15 is 0 Å². The number of anilines is 1. The molecule has 7 heteroatoms. The molecular weight excluding hydrogens is 394 g/mol. The van der Waals surface area contributed by atoms with Gasteiger partial charge in [0.15, 0.2) is 0 Å². The van der Waals surface area contributed by atoms with Gasteiger partial charge in [-0.3, -0.25) is 24.1 Å². The third kappa shape index (κ3) is 4.31. The van der Waals surface area contributed by atoms with Gasteiger partial charge in [-0.05, 0) is 24.3 Å². The maximum atomic E-state index is 12.5. The minimum atomic E-state index is -0.299. The Morgan fingerprint density at radius 2 is 1.65 bits per heavy atom. The van der Waals surface area contributed by atoms with Gasteiger partial charge in [0.25, 0.3) is 0 Å². The van der Waals surface area contributed by atoms with Crippen LogP contribution in [0.2, 0.25) is 0 Å². The highest BCUT2D eigenvalue weighted by Gasteiger charge is 2.47. The van der Waals surface area contributed by atoms with E-state index in [1.54, 1.807) is 7.05 Å². The Morgan fingerprint density at radius 1 is 1.00 bits per heavy atom. The van der Waals surface area contributed by atoms with Gasteiger partial charge in [-0.25, -0.2) is 0 Å². The second kappa shape index (κ2) is 8.88. The largest absolute Gasteiger partial charge is 0.336 e. The molecule has 1 saturated carbocycles. The summed E-state index contributed by atoms with van der Waals surface area (Å²) in [7, 11) is 1.55. The van der Waals surface area contributed by atoms with Gasteiger partial charge in [0.05, 0.1) is 18.4 Å². The van der Waals surface area contributed by atoms with Crippen LogP contribution < -0.4 is 5.32 Å². The molecule has 31 heavy (non-hydrogen) atoms. The maximum Gasteiger partial charge on any atom is 0.243 e. The normalized spacial score (nSPS) is 20.6. The van der Waals surface area contributed by atoms with E-state index in [4.69, 9.17) is 0 Å². The summed E-state index contributed by atoms with van der Waals surface area (Å²) in [6.45, 7) is -0.0199. The number of amides is 4. The molecule has 1 N–H and O–H groups in total. The van der Waals surface area contributed by atoms with Gasteiger partial charge >= 0.3 is 0 Å². The zero-order valence-corrected chi connectivity index (χ0v) is 17.7. The van der Waals surface area contributed by atoms with E-state index in [9.17, 15) is 19.2 Å². The van der Waals surface area contributed by atoms with Crippen molar-refractivity contribution < 1.29 is 19.2 Å². The van der Waals surface area contributed by atoms with Gasteiger partial charge in [-0.2, -0.15) is 0 Å². The smallest absolute Gasteiger partial charge is 0.243 e. The number of fused-ring (bicyclic) bond motifs is 2. The number of carbonyl (C=O) groups is 4. The summed E-state index contributed by atoms with van der Waals surface area (Å²) in [5, 5.41) is 4.81. The quantitative estimate of drug-likeness (QED) is 0.727. The monoisotopic (exact) mass is 421 g/mol. The molecule has 1 aliphatic heterocycles. The number of hydrogen-bond donors (Lipinski definition) is 1. The van der Waals surface area contributed by atoms with Crippen molar-refractivity contribution >= 4 is 40.1 Å². The molecule has 4 amide bonds. The Labute approximate surface area is 181 Å². The number of rotatable bonds is 6. The summed E-state index contributed by atoms with van der Waals surface area (Å²) in [6.07, 6.45) is 3.49. The molecule has 0 unspecified atom stereocenters. The molecule has 162 valence electrons. The van der Waals surface area contributed by atoms with Gasteiger partial charge in [0.1, 0.15) is 0 Å². The SMILES string of the molecule is CN(CC(=O)Nc1cccc2ccccc12)C(=O)CCN1C(=O)[C@H]2CCCC[C@@H]2C1=O. The second-order valence-corrected chi connectivity index (χ2v) is 8.40. The Balaban J connectivity index is 1.31. The number of likely N-dealkylation sites (N-methyl/N-ethyl adjacent to an activating group) is 1. The van der Waals surface area contributed by atoms with Crippen LogP contribution in [0.4, 0.5) is 5.69 Å². The summed E-state index contributed by atoms with van der Waals surface area (Å²) in [6, 6.07) is 13.4. The molecule has 7 nitrogen and oxygen atoms in total. The number of hydrogen-bond acceptors (Lipinski definition) is 4. The third-order valence-electron chi connectivity index (χ3n) is 6.35. The van der Waals surface area contributed by atoms with Crippen molar-refractivity contribution in [3.05, 3.63) is 42.5 Å². The second-order valence-electron chi connectivity index (χ2n) is 8.40. The first kappa shape index (κ1) is 21.0. The average molecular weight is 421 g/mol. The minimum Gasteiger partial charge on any atom is -0.336 e. The van der Waals surface area contributed by atoms with Gasteiger partial charge in [-0.15, -0.1) is 0 Å². The lowest BCUT2D eigenvalue weighted by Gasteiger charge is -2.19. The highest BCUT2D eigenvalue weighted by atomic mass is 16.2. The maximum absolute atomic E-state index is 12.5. The van der Waals surface area contributed by atoms with Gasteiger partial charge in [0, 0.05) is 31.1 Å². The molecule has 1 saturated heterocycles. The van der Waals surface area contributed by atoms with Crippen molar-refractivity contribution in [2.24, 2.45) is 11.8 Å². The Bertz CT molecular complexity index is 1010. The van der Waals surface area contributed by atoms with E-state index in [2.05, 4.69) is 5.32 Å². The molecule has 0 bridgehead atoms. The van der Waals surface area contributed by atoms with Crippen molar-refractivity contribution in [2.75, 3.05) is 25.5 Å². The number of nitrogens with zero attached hydrogens (tertiary/aromatic N) is 2. The predicted octanol–water partition coefficient (Wildman–Crippen LogP) is 2.80. The average Bonchev–Trinajstić information content (AvgIpc) is 3.02.